The lowest BCUT2D eigenvalue weighted by molar-refractivity contribution is -0.136. The van der Waals surface area contributed by atoms with Crippen LogP contribution in [0.4, 0.5) is 5.69 Å². The first kappa shape index (κ1) is 23.6. The normalized spacial score (nSPS) is 10.8. The van der Waals surface area contributed by atoms with E-state index in [1.54, 1.807) is 18.2 Å². The molecule has 2 aromatic carbocycles. The first-order chi connectivity index (χ1) is 15.7. The minimum atomic E-state index is -0.903. The first-order valence-electron chi connectivity index (χ1n) is 10.4. The number of carbonyl (C=O) groups excluding carboxylic acids is 2. The molecule has 3 aromatic rings. The molecular weight excluding hydrogens is 420 g/mol. The molecule has 0 saturated carbocycles. The SMILES string of the molecule is COc1ccc(OC)c(NC(=O)C(=O)N/N=C\c2cc(C)n(-c3ccc(C)cc3C)c2C)c1. The zero-order chi connectivity index (χ0) is 24.1. The minimum absolute atomic E-state index is 0.318. The number of rotatable bonds is 6. The monoisotopic (exact) mass is 448 g/mol. The van der Waals surface area contributed by atoms with E-state index in [1.165, 1.54) is 31.6 Å². The molecule has 33 heavy (non-hydrogen) atoms. The molecule has 0 fully saturated rings. The summed E-state index contributed by atoms with van der Waals surface area (Å²) in [5.41, 5.74) is 8.89. The largest absolute Gasteiger partial charge is 0.497 e. The Labute approximate surface area is 193 Å². The highest BCUT2D eigenvalue weighted by molar-refractivity contribution is 6.39. The van der Waals surface area contributed by atoms with Gasteiger partial charge in [0.15, 0.2) is 0 Å². The standard InChI is InChI=1S/C25H28N4O4/c1-15-7-9-22(16(2)11-15)29-17(3)12-19(18(29)4)14-26-28-25(31)24(30)27-21-13-20(32-5)8-10-23(21)33-6/h7-14H,1-6H3,(H,27,30)(H,28,31)/b26-14-. The van der Waals surface area contributed by atoms with Gasteiger partial charge in [0.2, 0.25) is 0 Å². The average Bonchev–Trinajstić information content (AvgIpc) is 3.06. The van der Waals surface area contributed by atoms with Crippen LogP contribution in [0.1, 0.15) is 28.1 Å². The van der Waals surface area contributed by atoms with E-state index in [-0.39, 0.29) is 0 Å². The van der Waals surface area contributed by atoms with Gasteiger partial charge in [0.1, 0.15) is 11.5 Å². The van der Waals surface area contributed by atoms with Gasteiger partial charge in [-0.05, 0) is 57.5 Å². The number of hydrazone groups is 1. The van der Waals surface area contributed by atoms with Gasteiger partial charge in [0, 0.05) is 28.7 Å². The molecule has 0 bridgehead atoms. The lowest BCUT2D eigenvalue weighted by Gasteiger charge is -2.13. The van der Waals surface area contributed by atoms with Gasteiger partial charge in [0.25, 0.3) is 0 Å². The van der Waals surface area contributed by atoms with Crippen LogP contribution in [0.15, 0.2) is 47.6 Å². The maximum atomic E-state index is 12.3. The van der Waals surface area contributed by atoms with Crippen LogP contribution in [-0.2, 0) is 9.59 Å². The number of ether oxygens (including phenoxy) is 2. The quantitative estimate of drug-likeness (QED) is 0.341. The predicted octanol–water partition coefficient (Wildman–Crippen LogP) is 3.82. The molecule has 0 atom stereocenters. The number of aromatic nitrogens is 1. The highest BCUT2D eigenvalue weighted by Crippen LogP contribution is 2.28. The van der Waals surface area contributed by atoms with Gasteiger partial charge in [0.05, 0.1) is 26.1 Å². The molecule has 0 spiro atoms. The van der Waals surface area contributed by atoms with Crippen molar-refractivity contribution in [3.05, 3.63) is 70.5 Å². The number of carbonyl (C=O) groups is 2. The molecule has 2 amide bonds. The van der Waals surface area contributed by atoms with E-state index in [2.05, 4.69) is 52.5 Å². The minimum Gasteiger partial charge on any atom is -0.497 e. The zero-order valence-corrected chi connectivity index (χ0v) is 19.6. The lowest BCUT2D eigenvalue weighted by atomic mass is 10.1. The highest BCUT2D eigenvalue weighted by Gasteiger charge is 2.16. The Morgan fingerprint density at radius 2 is 1.70 bits per heavy atom. The van der Waals surface area contributed by atoms with Crippen LogP contribution in [0.5, 0.6) is 11.5 Å². The predicted molar refractivity (Wildman–Crippen MR) is 129 cm³/mol. The topological polar surface area (TPSA) is 93.9 Å². The maximum absolute atomic E-state index is 12.3. The molecule has 0 aliphatic heterocycles. The molecular formula is C25H28N4O4. The molecule has 3 rings (SSSR count). The second-order valence-electron chi connectivity index (χ2n) is 7.67. The summed E-state index contributed by atoms with van der Waals surface area (Å²) in [5.74, 6) is -0.859. The number of anilines is 1. The number of hydrogen-bond donors (Lipinski definition) is 2. The molecule has 172 valence electrons. The van der Waals surface area contributed by atoms with Gasteiger partial charge in [-0.25, -0.2) is 5.43 Å². The van der Waals surface area contributed by atoms with E-state index in [1.807, 2.05) is 19.9 Å². The number of nitrogens with one attached hydrogen (secondary N) is 2. The third-order valence-electron chi connectivity index (χ3n) is 5.29. The molecule has 1 aromatic heterocycles. The summed E-state index contributed by atoms with van der Waals surface area (Å²) in [6.07, 6.45) is 1.53. The van der Waals surface area contributed by atoms with Crippen molar-refractivity contribution in [2.75, 3.05) is 19.5 Å². The van der Waals surface area contributed by atoms with Crippen molar-refractivity contribution < 1.29 is 19.1 Å². The van der Waals surface area contributed by atoms with Crippen LogP contribution in [0.25, 0.3) is 5.69 Å². The number of benzene rings is 2. The summed E-state index contributed by atoms with van der Waals surface area (Å²) in [5, 5.41) is 6.48. The Morgan fingerprint density at radius 3 is 2.36 bits per heavy atom. The highest BCUT2D eigenvalue weighted by atomic mass is 16.5. The van der Waals surface area contributed by atoms with Crippen LogP contribution in [-0.4, -0.2) is 36.8 Å². The summed E-state index contributed by atoms with van der Waals surface area (Å²) < 4.78 is 12.5. The number of hydrogen-bond acceptors (Lipinski definition) is 5. The second-order valence-corrected chi connectivity index (χ2v) is 7.67. The van der Waals surface area contributed by atoms with Crippen molar-refractivity contribution >= 4 is 23.7 Å². The van der Waals surface area contributed by atoms with E-state index in [4.69, 9.17) is 9.47 Å². The second kappa shape index (κ2) is 10.0. The fraction of sp³-hybridized carbons (Fsp3) is 0.240. The van der Waals surface area contributed by atoms with Crippen molar-refractivity contribution in [3.8, 4) is 17.2 Å². The fourth-order valence-electron chi connectivity index (χ4n) is 3.65. The molecule has 8 nitrogen and oxygen atoms in total. The fourth-order valence-corrected chi connectivity index (χ4v) is 3.65. The number of nitrogens with zero attached hydrogens (tertiary/aromatic N) is 2. The van der Waals surface area contributed by atoms with Crippen LogP contribution < -0.4 is 20.2 Å². The van der Waals surface area contributed by atoms with E-state index < -0.39 is 11.8 Å². The number of amides is 2. The van der Waals surface area contributed by atoms with Gasteiger partial charge in [-0.15, -0.1) is 0 Å². The average molecular weight is 449 g/mol. The molecule has 0 aliphatic rings. The Balaban J connectivity index is 1.72. The third-order valence-corrected chi connectivity index (χ3v) is 5.29. The van der Waals surface area contributed by atoms with E-state index in [9.17, 15) is 9.59 Å². The molecule has 0 saturated heterocycles. The smallest absolute Gasteiger partial charge is 0.329 e. The summed E-state index contributed by atoms with van der Waals surface area (Å²) in [4.78, 5) is 24.5. The van der Waals surface area contributed by atoms with Crippen LogP contribution >= 0.6 is 0 Å². The molecule has 2 N–H and O–H groups in total. The summed E-state index contributed by atoms with van der Waals surface area (Å²) in [6.45, 7) is 8.13. The number of aryl methyl sites for hydroxylation is 3. The third kappa shape index (κ3) is 5.23. The molecule has 1 heterocycles. The maximum Gasteiger partial charge on any atom is 0.329 e. The van der Waals surface area contributed by atoms with Gasteiger partial charge in [-0.1, -0.05) is 17.7 Å². The van der Waals surface area contributed by atoms with Gasteiger partial charge in [-0.3, -0.25) is 9.59 Å². The van der Waals surface area contributed by atoms with Gasteiger partial charge in [-0.2, -0.15) is 5.10 Å². The van der Waals surface area contributed by atoms with Crippen molar-refractivity contribution in [2.45, 2.75) is 27.7 Å². The summed E-state index contributed by atoms with van der Waals surface area (Å²) >= 11 is 0. The van der Waals surface area contributed by atoms with Crippen LogP contribution in [0.2, 0.25) is 0 Å². The Hall–Kier alpha value is -4.07. The van der Waals surface area contributed by atoms with Gasteiger partial charge < -0.3 is 19.4 Å². The first-order valence-corrected chi connectivity index (χ1v) is 10.4. The van der Waals surface area contributed by atoms with Gasteiger partial charge >= 0.3 is 11.8 Å². The van der Waals surface area contributed by atoms with E-state index in [0.29, 0.717) is 17.2 Å². The Morgan fingerprint density at radius 1 is 0.939 bits per heavy atom. The number of methoxy groups -OCH3 is 2. The van der Waals surface area contributed by atoms with Crippen molar-refractivity contribution in [2.24, 2.45) is 5.10 Å². The van der Waals surface area contributed by atoms with E-state index in [0.717, 1.165) is 22.6 Å². The zero-order valence-electron chi connectivity index (χ0n) is 19.6. The van der Waals surface area contributed by atoms with E-state index >= 15 is 0 Å². The molecule has 0 aliphatic carbocycles. The van der Waals surface area contributed by atoms with Crippen LogP contribution in [0, 0.1) is 27.7 Å². The van der Waals surface area contributed by atoms with Crippen molar-refractivity contribution in [1.82, 2.24) is 9.99 Å². The van der Waals surface area contributed by atoms with Crippen LogP contribution in [0.3, 0.4) is 0 Å². The molecule has 8 heteroatoms. The summed E-state index contributed by atoms with van der Waals surface area (Å²) in [6, 6.07) is 13.2. The Bertz CT molecular complexity index is 1230. The lowest BCUT2D eigenvalue weighted by Crippen LogP contribution is -2.32. The molecule has 0 unspecified atom stereocenters. The summed E-state index contributed by atoms with van der Waals surface area (Å²) in [7, 11) is 2.97. The molecule has 0 radical (unpaired) electrons. The Kier molecular flexibility index (Phi) is 7.17. The van der Waals surface area contributed by atoms with Crippen molar-refractivity contribution in [1.29, 1.82) is 0 Å². The van der Waals surface area contributed by atoms with Crippen molar-refractivity contribution in [3.63, 3.8) is 0 Å².